The van der Waals surface area contributed by atoms with E-state index in [1.165, 1.54) is 0 Å². The first kappa shape index (κ1) is 27.2. The number of anilines is 1. The van der Waals surface area contributed by atoms with Gasteiger partial charge in [-0.3, -0.25) is 9.59 Å². The van der Waals surface area contributed by atoms with Crippen molar-refractivity contribution in [2.24, 2.45) is 0 Å². The molecule has 182 valence electrons. The molecule has 0 unspecified atom stereocenters. The summed E-state index contributed by atoms with van der Waals surface area (Å²) >= 11 is 12.2. The van der Waals surface area contributed by atoms with Crippen molar-refractivity contribution in [1.82, 2.24) is 0 Å². The highest BCUT2D eigenvalue weighted by molar-refractivity contribution is 7.13. The molecule has 0 atom stereocenters. The first-order chi connectivity index (χ1) is 15.8. The van der Waals surface area contributed by atoms with Crippen LogP contribution in [0.2, 0.25) is 5.02 Å². The number of ether oxygens (including phenoxy) is 3. The van der Waals surface area contributed by atoms with Crippen LogP contribution in [0.3, 0.4) is 0 Å². The third kappa shape index (κ3) is 6.53. The van der Waals surface area contributed by atoms with E-state index in [2.05, 4.69) is 0 Å². The fourth-order valence-electron chi connectivity index (χ4n) is 3.22. The SMILES string of the molecule is CCOCCOC(=O)C1=C(C(=O)N(C(=O)CCl)c2c(F)sc(C(=O)OCC)c2Cl)CCCC1. The molecule has 1 aromatic rings. The fourth-order valence-corrected chi connectivity index (χ4v) is 4.55. The lowest BCUT2D eigenvalue weighted by Crippen LogP contribution is -2.40. The highest BCUT2D eigenvalue weighted by atomic mass is 35.5. The van der Waals surface area contributed by atoms with Crippen LogP contribution in [0.15, 0.2) is 11.1 Å². The number of amides is 2. The molecule has 0 N–H and O–H groups in total. The van der Waals surface area contributed by atoms with Crippen LogP contribution in [0.25, 0.3) is 0 Å². The van der Waals surface area contributed by atoms with Gasteiger partial charge < -0.3 is 14.2 Å². The predicted molar refractivity (Wildman–Crippen MR) is 121 cm³/mol. The Hall–Kier alpha value is -2.01. The molecule has 2 rings (SSSR count). The van der Waals surface area contributed by atoms with E-state index >= 15 is 0 Å². The molecule has 0 spiro atoms. The third-order valence-electron chi connectivity index (χ3n) is 4.67. The van der Waals surface area contributed by atoms with Gasteiger partial charge in [-0.2, -0.15) is 4.39 Å². The van der Waals surface area contributed by atoms with Crippen LogP contribution in [0, 0.1) is 5.13 Å². The fraction of sp³-hybridized carbons (Fsp3) is 0.524. The van der Waals surface area contributed by atoms with E-state index in [4.69, 9.17) is 37.4 Å². The summed E-state index contributed by atoms with van der Waals surface area (Å²) < 4.78 is 30.0. The second-order valence-corrected chi connectivity index (χ2v) is 8.37. The van der Waals surface area contributed by atoms with Crippen LogP contribution in [-0.4, -0.2) is 56.1 Å². The van der Waals surface area contributed by atoms with Crippen LogP contribution in [0.5, 0.6) is 0 Å². The first-order valence-corrected chi connectivity index (χ1v) is 12.1. The Balaban J connectivity index is 2.47. The van der Waals surface area contributed by atoms with Crippen LogP contribution in [-0.2, 0) is 28.6 Å². The van der Waals surface area contributed by atoms with Crippen LogP contribution in [0.4, 0.5) is 10.1 Å². The van der Waals surface area contributed by atoms with Crippen molar-refractivity contribution in [2.75, 3.05) is 37.2 Å². The maximum atomic E-state index is 14.9. The van der Waals surface area contributed by atoms with Crippen molar-refractivity contribution in [3.63, 3.8) is 0 Å². The highest BCUT2D eigenvalue weighted by Crippen LogP contribution is 2.41. The van der Waals surface area contributed by atoms with Gasteiger partial charge in [-0.25, -0.2) is 14.5 Å². The Bertz CT molecular complexity index is 947. The number of hydrogen-bond donors (Lipinski definition) is 0. The van der Waals surface area contributed by atoms with Crippen molar-refractivity contribution in [3.8, 4) is 0 Å². The average Bonchev–Trinajstić information content (AvgIpc) is 3.10. The van der Waals surface area contributed by atoms with Crippen LogP contribution >= 0.6 is 34.5 Å². The average molecular weight is 524 g/mol. The molecule has 0 aromatic carbocycles. The number of alkyl halides is 1. The van der Waals surface area contributed by atoms with E-state index in [0.717, 1.165) is 0 Å². The number of nitrogens with zero attached hydrogens (tertiary/aromatic N) is 1. The number of imide groups is 1. The predicted octanol–water partition coefficient (Wildman–Crippen LogP) is 4.27. The molecule has 1 aliphatic rings. The molecule has 2 amide bonds. The van der Waals surface area contributed by atoms with Crippen molar-refractivity contribution in [1.29, 1.82) is 0 Å². The van der Waals surface area contributed by atoms with Gasteiger partial charge in [-0.1, -0.05) is 22.9 Å². The topological polar surface area (TPSA) is 99.2 Å². The van der Waals surface area contributed by atoms with Crippen LogP contribution in [0.1, 0.15) is 49.2 Å². The minimum atomic E-state index is -1.04. The van der Waals surface area contributed by atoms with Crippen molar-refractivity contribution < 1.29 is 37.8 Å². The lowest BCUT2D eigenvalue weighted by atomic mass is 9.90. The largest absolute Gasteiger partial charge is 0.462 e. The Morgan fingerprint density at radius 1 is 1.00 bits per heavy atom. The van der Waals surface area contributed by atoms with Crippen molar-refractivity contribution >= 4 is 64.0 Å². The van der Waals surface area contributed by atoms with Crippen molar-refractivity contribution in [2.45, 2.75) is 39.5 Å². The molecule has 0 saturated carbocycles. The summed E-state index contributed by atoms with van der Waals surface area (Å²) in [6.45, 7) is 4.04. The van der Waals surface area contributed by atoms with E-state index in [9.17, 15) is 23.6 Å². The second kappa shape index (κ2) is 13.0. The van der Waals surface area contributed by atoms with Gasteiger partial charge in [0.25, 0.3) is 5.91 Å². The molecule has 8 nitrogen and oxygen atoms in total. The first-order valence-electron chi connectivity index (χ1n) is 10.3. The standard InChI is InChI=1S/C21H24Cl2FNO7S/c1-3-30-9-10-32-20(28)13-8-6-5-7-12(13)19(27)25(14(26)11-22)16-15(23)17(33-18(16)24)21(29)31-4-2/h3-11H2,1-2H3. The third-order valence-corrected chi connectivity index (χ3v) is 6.33. The lowest BCUT2D eigenvalue weighted by molar-refractivity contribution is -0.141. The van der Waals surface area contributed by atoms with E-state index < -0.39 is 45.5 Å². The molecule has 1 aromatic heterocycles. The van der Waals surface area contributed by atoms with Gasteiger partial charge >= 0.3 is 11.9 Å². The summed E-state index contributed by atoms with van der Waals surface area (Å²) in [5.41, 5.74) is -0.476. The number of halogens is 3. The highest BCUT2D eigenvalue weighted by Gasteiger charge is 2.37. The maximum absolute atomic E-state index is 14.9. The van der Waals surface area contributed by atoms with E-state index in [1.54, 1.807) is 13.8 Å². The minimum Gasteiger partial charge on any atom is -0.462 e. The summed E-state index contributed by atoms with van der Waals surface area (Å²) in [4.78, 5) is 50.9. The number of rotatable bonds is 10. The summed E-state index contributed by atoms with van der Waals surface area (Å²) in [5.74, 6) is -4.16. The summed E-state index contributed by atoms with van der Waals surface area (Å²) in [5, 5.41) is -1.48. The zero-order valence-electron chi connectivity index (χ0n) is 18.2. The number of carbonyl (C=O) groups excluding carboxylic acids is 4. The van der Waals surface area contributed by atoms with Gasteiger partial charge in [0, 0.05) is 17.8 Å². The number of hydrogen-bond acceptors (Lipinski definition) is 8. The van der Waals surface area contributed by atoms with Gasteiger partial charge in [0.15, 0.2) is 0 Å². The number of carbonyl (C=O) groups is 4. The van der Waals surface area contributed by atoms with E-state index in [-0.39, 0.29) is 48.7 Å². The number of esters is 2. The Kier molecular flexibility index (Phi) is 10.7. The quantitative estimate of drug-likeness (QED) is 0.256. The Morgan fingerprint density at radius 2 is 1.67 bits per heavy atom. The molecule has 1 heterocycles. The van der Waals surface area contributed by atoms with Crippen molar-refractivity contribution in [3.05, 3.63) is 26.2 Å². The molecule has 0 aliphatic heterocycles. The monoisotopic (exact) mass is 523 g/mol. The second-order valence-electron chi connectivity index (χ2n) is 6.75. The van der Waals surface area contributed by atoms with E-state index in [1.807, 2.05) is 0 Å². The summed E-state index contributed by atoms with van der Waals surface area (Å²) in [7, 11) is 0. The molecular weight excluding hydrogens is 500 g/mol. The summed E-state index contributed by atoms with van der Waals surface area (Å²) in [6, 6.07) is 0. The van der Waals surface area contributed by atoms with Gasteiger partial charge in [0.05, 0.1) is 18.2 Å². The lowest BCUT2D eigenvalue weighted by Gasteiger charge is -2.25. The molecule has 0 saturated heterocycles. The molecule has 0 radical (unpaired) electrons. The molecule has 12 heteroatoms. The van der Waals surface area contributed by atoms with Gasteiger partial charge in [-0.05, 0) is 39.5 Å². The molecule has 0 bridgehead atoms. The van der Waals surface area contributed by atoms with Gasteiger partial charge in [-0.15, -0.1) is 11.6 Å². The van der Waals surface area contributed by atoms with Crippen LogP contribution < -0.4 is 4.90 Å². The van der Waals surface area contributed by atoms with E-state index in [0.29, 0.717) is 35.7 Å². The Labute approximate surface area is 204 Å². The molecular formula is C21H24Cl2FNO7S. The molecule has 0 fully saturated rings. The smallest absolute Gasteiger partial charge is 0.350 e. The molecule has 1 aliphatic carbocycles. The molecule has 33 heavy (non-hydrogen) atoms. The summed E-state index contributed by atoms with van der Waals surface area (Å²) in [6.07, 6.45) is 1.64. The Morgan fingerprint density at radius 3 is 2.27 bits per heavy atom. The number of thiophene rings is 1. The van der Waals surface area contributed by atoms with Gasteiger partial charge in [0.1, 0.15) is 23.1 Å². The maximum Gasteiger partial charge on any atom is 0.350 e. The van der Waals surface area contributed by atoms with Gasteiger partial charge in [0.2, 0.25) is 11.0 Å². The zero-order valence-corrected chi connectivity index (χ0v) is 20.5. The zero-order chi connectivity index (χ0) is 24.5. The normalized spacial score (nSPS) is 13.6. The minimum absolute atomic E-state index is 0.00411.